The maximum atomic E-state index is 13.0. The number of ether oxygens (including phenoxy) is 1. The molecular weight excluding hydrogens is 443 g/mol. The highest BCUT2D eigenvalue weighted by Crippen LogP contribution is 2.38. The van der Waals surface area contributed by atoms with Gasteiger partial charge in [-0.15, -0.1) is 22.7 Å². The Balaban J connectivity index is 1.69. The van der Waals surface area contributed by atoms with Crippen molar-refractivity contribution in [3.8, 4) is 10.6 Å². The van der Waals surface area contributed by atoms with Crippen LogP contribution in [0.15, 0.2) is 48.5 Å². The van der Waals surface area contributed by atoms with Gasteiger partial charge in [0, 0.05) is 21.6 Å². The number of hydrogen-bond donors (Lipinski definition) is 0. The Kier molecular flexibility index (Phi) is 5.85. The second-order valence-corrected chi connectivity index (χ2v) is 9.10. The van der Waals surface area contributed by atoms with Crippen LogP contribution in [0.4, 0.5) is 13.2 Å². The molecule has 4 rings (SSSR count). The van der Waals surface area contributed by atoms with Gasteiger partial charge in [0.15, 0.2) is 0 Å². The van der Waals surface area contributed by atoms with Crippen molar-refractivity contribution >= 4 is 38.7 Å². The topological polar surface area (TPSA) is 39.2 Å². The first-order chi connectivity index (χ1) is 14.8. The molecule has 0 fully saturated rings. The number of hydrogen-bond acceptors (Lipinski definition) is 5. The zero-order chi connectivity index (χ0) is 22.2. The third kappa shape index (κ3) is 4.50. The van der Waals surface area contributed by atoms with Crippen molar-refractivity contribution in [2.75, 3.05) is 6.61 Å². The average Bonchev–Trinajstić information content (AvgIpc) is 3.30. The van der Waals surface area contributed by atoms with E-state index in [1.54, 1.807) is 19.9 Å². The predicted octanol–water partition coefficient (Wildman–Crippen LogP) is 7.12. The van der Waals surface area contributed by atoms with Gasteiger partial charge in [-0.25, -0.2) is 9.78 Å². The van der Waals surface area contributed by atoms with E-state index in [0.717, 1.165) is 31.6 Å². The summed E-state index contributed by atoms with van der Waals surface area (Å²) in [6, 6.07) is 13.2. The van der Waals surface area contributed by atoms with E-state index in [2.05, 4.69) is 4.98 Å². The molecule has 2 aromatic heterocycles. The van der Waals surface area contributed by atoms with E-state index in [-0.39, 0.29) is 5.97 Å². The highest BCUT2D eigenvalue weighted by atomic mass is 32.1. The summed E-state index contributed by atoms with van der Waals surface area (Å²) in [5, 5.41) is 1.72. The summed E-state index contributed by atoms with van der Waals surface area (Å²) in [5.74, 6) is -0.382. The predicted molar refractivity (Wildman–Crippen MR) is 118 cm³/mol. The van der Waals surface area contributed by atoms with E-state index >= 15 is 0 Å². The van der Waals surface area contributed by atoms with Crippen LogP contribution in [0, 0.1) is 6.92 Å². The number of fused-ring (bicyclic) bond motifs is 1. The SMILES string of the molecule is CCOC(=O)c1sc(-c2cccc3cc(Cc4cccc(C(F)(F)F)c4)sc23)nc1C. The molecule has 0 aliphatic rings. The van der Waals surface area contributed by atoms with Crippen molar-refractivity contribution in [3.05, 3.63) is 75.1 Å². The minimum absolute atomic E-state index is 0.297. The Bertz CT molecular complexity index is 1260. The number of alkyl halides is 3. The van der Waals surface area contributed by atoms with E-state index in [4.69, 9.17) is 4.74 Å². The summed E-state index contributed by atoms with van der Waals surface area (Å²) in [6.45, 7) is 3.83. The van der Waals surface area contributed by atoms with Crippen LogP contribution >= 0.6 is 22.7 Å². The number of thiophene rings is 1. The van der Waals surface area contributed by atoms with Crippen molar-refractivity contribution in [2.45, 2.75) is 26.4 Å². The first kappa shape index (κ1) is 21.5. The van der Waals surface area contributed by atoms with Crippen molar-refractivity contribution in [3.63, 3.8) is 0 Å². The monoisotopic (exact) mass is 461 g/mol. The molecule has 0 atom stereocenters. The fourth-order valence-corrected chi connectivity index (χ4v) is 5.59. The Morgan fingerprint density at radius 2 is 1.87 bits per heavy atom. The van der Waals surface area contributed by atoms with Crippen LogP contribution in [0.1, 0.15) is 38.3 Å². The van der Waals surface area contributed by atoms with Crippen LogP contribution in [0.3, 0.4) is 0 Å². The lowest BCUT2D eigenvalue weighted by Crippen LogP contribution is -2.05. The van der Waals surface area contributed by atoms with Gasteiger partial charge in [0.25, 0.3) is 0 Å². The molecule has 2 heterocycles. The minimum Gasteiger partial charge on any atom is -0.462 e. The zero-order valence-electron chi connectivity index (χ0n) is 16.7. The molecular formula is C23H18F3NO2S2. The van der Waals surface area contributed by atoms with Gasteiger partial charge in [0.2, 0.25) is 0 Å². The van der Waals surface area contributed by atoms with E-state index in [9.17, 15) is 18.0 Å². The summed E-state index contributed by atoms with van der Waals surface area (Å²) >= 11 is 2.82. The third-order valence-corrected chi connectivity index (χ3v) is 7.07. The molecule has 0 aliphatic heterocycles. The normalized spacial score (nSPS) is 11.8. The van der Waals surface area contributed by atoms with Crippen LogP contribution in [-0.4, -0.2) is 17.6 Å². The molecule has 0 saturated heterocycles. The number of esters is 1. The number of aryl methyl sites for hydroxylation is 1. The largest absolute Gasteiger partial charge is 0.462 e. The Morgan fingerprint density at radius 1 is 1.10 bits per heavy atom. The molecule has 0 spiro atoms. The van der Waals surface area contributed by atoms with Crippen LogP contribution in [0.25, 0.3) is 20.7 Å². The van der Waals surface area contributed by atoms with Gasteiger partial charge >= 0.3 is 12.1 Å². The van der Waals surface area contributed by atoms with Crippen molar-refractivity contribution in [1.29, 1.82) is 0 Å². The first-order valence-corrected chi connectivity index (χ1v) is 11.2. The standard InChI is InChI=1S/C23H18F3NO2S2/c1-3-29-22(28)19-13(2)27-21(31-19)18-9-5-7-15-12-17(30-20(15)18)11-14-6-4-8-16(10-14)23(24,25)26/h4-10,12H,3,11H2,1-2H3. The highest BCUT2D eigenvalue weighted by Gasteiger charge is 2.30. The lowest BCUT2D eigenvalue weighted by molar-refractivity contribution is -0.137. The summed E-state index contributed by atoms with van der Waals surface area (Å²) in [6.07, 6.45) is -3.95. The second-order valence-electron chi connectivity index (χ2n) is 6.97. The molecule has 0 unspecified atom stereocenters. The number of halogens is 3. The van der Waals surface area contributed by atoms with E-state index in [0.29, 0.717) is 29.2 Å². The smallest absolute Gasteiger partial charge is 0.416 e. The van der Waals surface area contributed by atoms with Gasteiger partial charge in [0.1, 0.15) is 9.88 Å². The van der Waals surface area contributed by atoms with Gasteiger partial charge < -0.3 is 4.74 Å². The number of carbonyl (C=O) groups excluding carboxylic acids is 1. The van der Waals surface area contributed by atoms with Crippen LogP contribution in [0.2, 0.25) is 0 Å². The maximum absolute atomic E-state index is 13.0. The molecule has 0 radical (unpaired) electrons. The molecule has 31 heavy (non-hydrogen) atoms. The summed E-state index contributed by atoms with van der Waals surface area (Å²) in [7, 11) is 0. The average molecular weight is 462 g/mol. The number of rotatable bonds is 5. The molecule has 160 valence electrons. The van der Waals surface area contributed by atoms with Gasteiger partial charge in [-0.05, 0) is 36.9 Å². The number of carbonyl (C=O) groups is 1. The lowest BCUT2D eigenvalue weighted by Gasteiger charge is -2.08. The lowest BCUT2D eigenvalue weighted by atomic mass is 10.1. The molecule has 0 aliphatic carbocycles. The van der Waals surface area contributed by atoms with Crippen molar-refractivity contribution in [2.24, 2.45) is 0 Å². The van der Waals surface area contributed by atoms with Crippen LogP contribution in [-0.2, 0) is 17.3 Å². The van der Waals surface area contributed by atoms with E-state index in [1.807, 2.05) is 24.3 Å². The van der Waals surface area contributed by atoms with Crippen molar-refractivity contribution < 1.29 is 22.7 Å². The van der Waals surface area contributed by atoms with Gasteiger partial charge in [-0.3, -0.25) is 0 Å². The fraction of sp³-hybridized carbons (Fsp3) is 0.217. The van der Waals surface area contributed by atoms with Crippen LogP contribution < -0.4 is 0 Å². The Labute approximate surface area is 185 Å². The van der Waals surface area contributed by atoms with Crippen molar-refractivity contribution in [1.82, 2.24) is 4.98 Å². The Morgan fingerprint density at radius 3 is 2.61 bits per heavy atom. The van der Waals surface area contributed by atoms with E-state index < -0.39 is 11.7 Å². The number of aromatic nitrogens is 1. The summed E-state index contributed by atoms with van der Waals surface area (Å²) < 4.78 is 45.2. The first-order valence-electron chi connectivity index (χ1n) is 9.58. The zero-order valence-corrected chi connectivity index (χ0v) is 18.4. The van der Waals surface area contributed by atoms with Gasteiger partial charge in [-0.1, -0.05) is 36.4 Å². The number of nitrogens with zero attached hydrogens (tertiary/aromatic N) is 1. The molecule has 0 saturated carbocycles. The maximum Gasteiger partial charge on any atom is 0.416 e. The van der Waals surface area contributed by atoms with E-state index in [1.165, 1.54) is 34.8 Å². The molecule has 4 aromatic rings. The Hall–Kier alpha value is -2.71. The molecule has 0 amide bonds. The molecule has 0 bridgehead atoms. The second kappa shape index (κ2) is 8.43. The summed E-state index contributed by atoms with van der Waals surface area (Å²) in [4.78, 5) is 18.2. The molecule has 0 N–H and O–H groups in total. The third-order valence-electron chi connectivity index (χ3n) is 4.72. The van der Waals surface area contributed by atoms with Gasteiger partial charge in [-0.2, -0.15) is 13.2 Å². The van der Waals surface area contributed by atoms with Crippen LogP contribution in [0.5, 0.6) is 0 Å². The van der Waals surface area contributed by atoms with Gasteiger partial charge in [0.05, 0.1) is 17.9 Å². The highest BCUT2D eigenvalue weighted by molar-refractivity contribution is 7.21. The number of thiazole rings is 1. The quantitative estimate of drug-likeness (QED) is 0.297. The molecule has 2 aromatic carbocycles. The minimum atomic E-state index is -4.36. The number of benzene rings is 2. The summed E-state index contributed by atoms with van der Waals surface area (Å²) in [5.41, 5.74) is 1.49. The molecule has 8 heteroatoms. The fourth-order valence-electron chi connectivity index (χ4n) is 3.33. The molecule has 3 nitrogen and oxygen atoms in total.